The zero-order chi connectivity index (χ0) is 17.7. The normalized spacial score (nSPS) is 11.1. The van der Waals surface area contributed by atoms with Gasteiger partial charge in [0.05, 0.1) is 18.6 Å². The lowest BCUT2D eigenvalue weighted by atomic mass is 10.2. The number of hydrogen-bond donors (Lipinski definition) is 2. The molecule has 0 saturated carbocycles. The molecule has 0 radical (unpaired) electrons. The van der Waals surface area contributed by atoms with E-state index in [4.69, 9.17) is 16.3 Å². The highest BCUT2D eigenvalue weighted by Crippen LogP contribution is 2.19. The minimum atomic E-state index is -3.79. The first kappa shape index (κ1) is 18.3. The third-order valence-electron chi connectivity index (χ3n) is 3.24. The maximum Gasteiger partial charge on any atom is 0.241 e. The van der Waals surface area contributed by atoms with Crippen molar-refractivity contribution >= 4 is 33.2 Å². The second-order valence-corrected chi connectivity index (χ2v) is 7.19. The van der Waals surface area contributed by atoms with Gasteiger partial charge in [-0.25, -0.2) is 13.1 Å². The summed E-state index contributed by atoms with van der Waals surface area (Å²) in [6.07, 6.45) is 0. The van der Waals surface area contributed by atoms with Crippen LogP contribution in [-0.2, 0) is 14.8 Å². The third-order valence-corrected chi connectivity index (χ3v) is 5.06. The lowest BCUT2D eigenvalue weighted by molar-refractivity contribution is -0.115. The summed E-state index contributed by atoms with van der Waals surface area (Å²) < 4.78 is 31.6. The van der Waals surface area contributed by atoms with Gasteiger partial charge >= 0.3 is 0 Å². The van der Waals surface area contributed by atoms with Gasteiger partial charge in [0, 0.05) is 10.7 Å². The lowest BCUT2D eigenvalue weighted by Gasteiger charge is -2.09. The number of hydrogen-bond acceptors (Lipinski definition) is 4. The number of anilines is 1. The summed E-state index contributed by atoms with van der Waals surface area (Å²) in [6.45, 7) is 1.33. The molecular formula is C16H17ClN2O4S. The number of halogens is 1. The highest BCUT2D eigenvalue weighted by Gasteiger charge is 2.16. The van der Waals surface area contributed by atoms with Gasteiger partial charge in [-0.05, 0) is 55.0 Å². The van der Waals surface area contributed by atoms with Crippen molar-refractivity contribution < 1.29 is 17.9 Å². The van der Waals surface area contributed by atoms with Crippen LogP contribution in [0.3, 0.4) is 0 Å². The van der Waals surface area contributed by atoms with E-state index >= 15 is 0 Å². The van der Waals surface area contributed by atoms with Crippen molar-refractivity contribution in [1.29, 1.82) is 0 Å². The van der Waals surface area contributed by atoms with Crippen LogP contribution < -0.4 is 14.8 Å². The largest absolute Gasteiger partial charge is 0.497 e. The molecule has 0 bridgehead atoms. The summed E-state index contributed by atoms with van der Waals surface area (Å²) in [5.41, 5.74) is 1.18. The van der Waals surface area contributed by atoms with Crippen LogP contribution in [0.25, 0.3) is 0 Å². The Hall–Kier alpha value is -2.09. The number of carbonyl (C=O) groups excluding carboxylic acids is 1. The number of benzene rings is 2. The minimum absolute atomic E-state index is 0.0571. The average molecular weight is 369 g/mol. The number of sulfonamides is 1. The topological polar surface area (TPSA) is 84.5 Å². The van der Waals surface area contributed by atoms with E-state index in [0.717, 1.165) is 0 Å². The first-order valence-electron chi connectivity index (χ1n) is 7.01. The Kier molecular flexibility index (Phi) is 5.82. The molecule has 1 amide bonds. The summed E-state index contributed by atoms with van der Waals surface area (Å²) in [5.74, 6) is 0.182. The number of carbonyl (C=O) groups is 1. The number of amides is 1. The summed E-state index contributed by atoms with van der Waals surface area (Å²) >= 11 is 5.88. The Balaban J connectivity index is 1.97. The molecule has 2 rings (SSSR count). The fraction of sp³-hybridized carbons (Fsp3) is 0.188. The first-order chi connectivity index (χ1) is 11.3. The molecule has 2 N–H and O–H groups in total. The smallest absolute Gasteiger partial charge is 0.241 e. The Morgan fingerprint density at radius 2 is 1.83 bits per heavy atom. The van der Waals surface area contributed by atoms with E-state index in [2.05, 4.69) is 10.0 Å². The van der Waals surface area contributed by atoms with Crippen LogP contribution in [0.2, 0.25) is 5.02 Å². The third kappa shape index (κ3) is 4.70. The molecule has 0 atom stereocenters. The molecule has 0 heterocycles. The van der Waals surface area contributed by atoms with E-state index < -0.39 is 15.9 Å². The molecule has 0 spiro atoms. The average Bonchev–Trinajstić information content (AvgIpc) is 2.56. The highest BCUT2D eigenvalue weighted by molar-refractivity contribution is 7.89. The number of rotatable bonds is 6. The van der Waals surface area contributed by atoms with Gasteiger partial charge in [0.1, 0.15) is 5.75 Å². The molecular weight excluding hydrogens is 352 g/mol. The maximum absolute atomic E-state index is 12.2. The van der Waals surface area contributed by atoms with E-state index in [1.807, 2.05) is 0 Å². The number of ether oxygens (including phenoxy) is 1. The van der Waals surface area contributed by atoms with Gasteiger partial charge in [-0.3, -0.25) is 4.79 Å². The van der Waals surface area contributed by atoms with Crippen molar-refractivity contribution in [2.75, 3.05) is 19.0 Å². The summed E-state index contributed by atoms with van der Waals surface area (Å²) in [6, 6.07) is 11.0. The van der Waals surface area contributed by atoms with Crippen molar-refractivity contribution in [2.24, 2.45) is 0 Å². The molecule has 24 heavy (non-hydrogen) atoms. The monoisotopic (exact) mass is 368 g/mol. The standard InChI is InChI=1S/C16H17ClN2O4S/c1-11-9-14(7-8-15(11)17)24(21,22)18-10-16(20)19-12-3-5-13(23-2)6-4-12/h3-9,18H,10H2,1-2H3,(H,19,20). The van der Waals surface area contributed by atoms with Gasteiger partial charge in [-0.15, -0.1) is 0 Å². The van der Waals surface area contributed by atoms with E-state index in [1.165, 1.54) is 18.2 Å². The quantitative estimate of drug-likeness (QED) is 0.820. The Labute approximate surface area is 145 Å². The van der Waals surface area contributed by atoms with E-state index in [9.17, 15) is 13.2 Å². The van der Waals surface area contributed by atoms with Crippen molar-refractivity contribution in [3.63, 3.8) is 0 Å². The summed E-state index contributed by atoms with van der Waals surface area (Å²) in [4.78, 5) is 11.9. The molecule has 0 aliphatic carbocycles. The van der Waals surface area contributed by atoms with Crippen LogP contribution in [0.15, 0.2) is 47.4 Å². The highest BCUT2D eigenvalue weighted by atomic mass is 35.5. The van der Waals surface area contributed by atoms with Gasteiger partial charge < -0.3 is 10.1 Å². The van der Waals surface area contributed by atoms with Gasteiger partial charge in [0.2, 0.25) is 15.9 Å². The van der Waals surface area contributed by atoms with Crippen molar-refractivity contribution in [1.82, 2.24) is 4.72 Å². The molecule has 0 saturated heterocycles. The van der Waals surface area contributed by atoms with Crippen LogP contribution in [0.5, 0.6) is 5.75 Å². The molecule has 128 valence electrons. The molecule has 8 heteroatoms. The number of methoxy groups -OCH3 is 1. The fourth-order valence-electron chi connectivity index (χ4n) is 1.91. The summed E-state index contributed by atoms with van der Waals surface area (Å²) in [5, 5.41) is 3.07. The molecule has 2 aromatic rings. The molecule has 6 nitrogen and oxygen atoms in total. The van der Waals surface area contributed by atoms with Crippen molar-refractivity contribution in [3.8, 4) is 5.75 Å². The van der Waals surface area contributed by atoms with E-state index in [0.29, 0.717) is 22.0 Å². The molecule has 0 fully saturated rings. The van der Waals surface area contributed by atoms with Crippen LogP contribution in [0.1, 0.15) is 5.56 Å². The van der Waals surface area contributed by atoms with Crippen LogP contribution in [0, 0.1) is 6.92 Å². The molecule has 0 unspecified atom stereocenters. The Morgan fingerprint density at radius 1 is 1.17 bits per heavy atom. The van der Waals surface area contributed by atoms with E-state index in [-0.39, 0.29) is 11.4 Å². The van der Waals surface area contributed by atoms with Crippen LogP contribution >= 0.6 is 11.6 Å². The van der Waals surface area contributed by atoms with Gasteiger partial charge in [-0.2, -0.15) is 0 Å². The van der Waals surface area contributed by atoms with Crippen molar-refractivity contribution in [3.05, 3.63) is 53.1 Å². The lowest BCUT2D eigenvalue weighted by Crippen LogP contribution is -2.32. The van der Waals surface area contributed by atoms with Crippen LogP contribution in [-0.4, -0.2) is 28.0 Å². The minimum Gasteiger partial charge on any atom is -0.497 e. The zero-order valence-corrected chi connectivity index (χ0v) is 14.7. The predicted octanol–water partition coefficient (Wildman–Crippen LogP) is 2.57. The number of aryl methyl sites for hydroxylation is 1. The maximum atomic E-state index is 12.2. The van der Waals surface area contributed by atoms with Gasteiger partial charge in [0.25, 0.3) is 0 Å². The van der Waals surface area contributed by atoms with E-state index in [1.54, 1.807) is 38.3 Å². The van der Waals surface area contributed by atoms with Gasteiger partial charge in [-0.1, -0.05) is 11.6 Å². The number of nitrogens with one attached hydrogen (secondary N) is 2. The van der Waals surface area contributed by atoms with Gasteiger partial charge in [0.15, 0.2) is 0 Å². The zero-order valence-electron chi connectivity index (χ0n) is 13.2. The van der Waals surface area contributed by atoms with Crippen LogP contribution in [0.4, 0.5) is 5.69 Å². The van der Waals surface area contributed by atoms with Crippen molar-refractivity contribution in [2.45, 2.75) is 11.8 Å². The SMILES string of the molecule is COc1ccc(NC(=O)CNS(=O)(=O)c2ccc(Cl)c(C)c2)cc1. The molecule has 2 aromatic carbocycles. The fourth-order valence-corrected chi connectivity index (χ4v) is 3.09. The molecule has 0 aliphatic heterocycles. The Bertz CT molecular complexity index is 836. The first-order valence-corrected chi connectivity index (χ1v) is 8.87. The molecule has 0 aliphatic rings. The Morgan fingerprint density at radius 3 is 2.42 bits per heavy atom. The second-order valence-electron chi connectivity index (χ2n) is 5.01. The summed E-state index contributed by atoms with van der Waals surface area (Å²) in [7, 11) is -2.24. The molecule has 0 aromatic heterocycles. The second kappa shape index (κ2) is 7.65. The predicted molar refractivity (Wildman–Crippen MR) is 93.0 cm³/mol.